The topological polar surface area (TPSA) is 0 Å². The highest BCUT2D eigenvalue weighted by molar-refractivity contribution is 7.23. The maximum atomic E-state index is 3.75. The molecule has 0 aliphatic rings. The van der Waals surface area contributed by atoms with Crippen LogP contribution in [0.2, 0.25) is 0 Å². The first-order valence-electron chi connectivity index (χ1n) is 5.98. The Kier molecular flexibility index (Phi) is 2.96. The fourth-order valence-corrected chi connectivity index (χ4v) is 2.44. The first-order valence-corrected chi connectivity index (χ1v) is 6.48. The monoisotopic (exact) mass is 248 g/mol. The van der Waals surface area contributed by atoms with E-state index in [0.717, 1.165) is 5.29 Å². The number of benzene rings is 3. The Morgan fingerprint density at radius 3 is 2.06 bits per heavy atom. The lowest BCUT2D eigenvalue weighted by Crippen LogP contribution is -1.98. The molecule has 0 nitrogen and oxygen atoms in total. The Morgan fingerprint density at radius 1 is 0.611 bits per heavy atom. The zero-order valence-corrected chi connectivity index (χ0v) is 10.9. The van der Waals surface area contributed by atoms with Gasteiger partial charge in [0, 0.05) is 5.29 Å². The molecule has 0 aromatic heterocycles. The van der Waals surface area contributed by atoms with Crippen molar-refractivity contribution >= 4 is 24.9 Å². The molecule has 1 heteroatoms. The number of rotatable bonds is 2. The summed E-state index contributed by atoms with van der Waals surface area (Å²) >= 11 is 0. The number of fused-ring (bicyclic) bond motifs is 1. The van der Waals surface area contributed by atoms with E-state index in [1.807, 2.05) is 6.07 Å². The largest absolute Gasteiger partial charge is 0.113 e. The lowest BCUT2D eigenvalue weighted by Gasteiger charge is -2.07. The lowest BCUT2D eigenvalue weighted by molar-refractivity contribution is 1.64. The van der Waals surface area contributed by atoms with Crippen molar-refractivity contribution in [1.29, 1.82) is 0 Å². The highest BCUT2D eigenvalue weighted by Crippen LogP contribution is 2.19. The zero-order valence-electron chi connectivity index (χ0n) is 9.93. The van der Waals surface area contributed by atoms with Crippen LogP contribution in [-0.2, 0) is 0 Å². The van der Waals surface area contributed by atoms with Crippen LogP contribution < -0.4 is 0 Å². The standard InChI is InChI=1S/C17H13P/c18-17(14-7-2-1-3-8-14)16-11-10-13-6-4-5-9-15(13)12-16/h1-12,18H. The molecule has 0 unspecified atom stereocenters. The first kappa shape index (κ1) is 11.2. The van der Waals surface area contributed by atoms with Crippen LogP contribution in [0.5, 0.6) is 0 Å². The molecule has 0 aliphatic carbocycles. The van der Waals surface area contributed by atoms with Gasteiger partial charge < -0.3 is 0 Å². The van der Waals surface area contributed by atoms with Crippen molar-refractivity contribution in [3.63, 3.8) is 0 Å². The highest BCUT2D eigenvalue weighted by atomic mass is 31.0. The molecule has 0 fully saturated rings. The van der Waals surface area contributed by atoms with Crippen molar-refractivity contribution < 1.29 is 0 Å². The molecule has 0 saturated carbocycles. The fraction of sp³-hybridized carbons (Fsp3) is 0. The molecule has 86 valence electrons. The number of hydrogen-bond acceptors (Lipinski definition) is 0. The van der Waals surface area contributed by atoms with Gasteiger partial charge in [-0.05, 0) is 28.0 Å². The van der Waals surface area contributed by atoms with Crippen molar-refractivity contribution in [2.75, 3.05) is 0 Å². The van der Waals surface area contributed by atoms with Crippen LogP contribution in [0.3, 0.4) is 0 Å². The van der Waals surface area contributed by atoms with Crippen LogP contribution in [0.25, 0.3) is 10.8 Å². The third kappa shape index (κ3) is 2.08. The molecule has 0 aliphatic heterocycles. The summed E-state index contributed by atoms with van der Waals surface area (Å²) in [5.74, 6) is 0. The summed E-state index contributed by atoms with van der Waals surface area (Å²) < 4.78 is 0. The molecular formula is C17H13P. The maximum Gasteiger partial charge on any atom is 0.00895 e. The molecule has 3 aromatic rings. The normalized spacial score (nSPS) is 10.4. The van der Waals surface area contributed by atoms with Crippen LogP contribution in [0.4, 0.5) is 0 Å². The minimum Gasteiger partial charge on any atom is -0.113 e. The Bertz CT molecular complexity index is 699. The van der Waals surface area contributed by atoms with E-state index >= 15 is 0 Å². The predicted molar refractivity (Wildman–Crippen MR) is 81.9 cm³/mol. The third-order valence-electron chi connectivity index (χ3n) is 3.10. The molecule has 3 rings (SSSR count). The summed E-state index contributed by atoms with van der Waals surface area (Å²) in [7, 11) is 3.75. The van der Waals surface area contributed by atoms with Crippen molar-refractivity contribution in [3.05, 3.63) is 83.9 Å². The van der Waals surface area contributed by atoms with Crippen LogP contribution >= 0.6 is 8.86 Å². The summed E-state index contributed by atoms with van der Waals surface area (Å²) in [6.07, 6.45) is 0. The van der Waals surface area contributed by atoms with E-state index in [9.17, 15) is 0 Å². The summed E-state index contributed by atoms with van der Waals surface area (Å²) in [5, 5.41) is 3.66. The van der Waals surface area contributed by atoms with E-state index in [1.165, 1.54) is 21.9 Å². The maximum absolute atomic E-state index is 3.75. The van der Waals surface area contributed by atoms with E-state index in [2.05, 4.69) is 75.6 Å². The van der Waals surface area contributed by atoms with Crippen LogP contribution in [0, 0.1) is 0 Å². The van der Waals surface area contributed by atoms with Gasteiger partial charge in [-0.2, -0.15) is 0 Å². The van der Waals surface area contributed by atoms with Gasteiger partial charge in [0.15, 0.2) is 0 Å². The second-order valence-corrected chi connectivity index (χ2v) is 4.80. The Labute approximate surface area is 109 Å². The lowest BCUT2D eigenvalue weighted by atomic mass is 10.0. The molecule has 18 heavy (non-hydrogen) atoms. The van der Waals surface area contributed by atoms with Gasteiger partial charge in [0.1, 0.15) is 0 Å². The van der Waals surface area contributed by atoms with Gasteiger partial charge in [0.05, 0.1) is 0 Å². The van der Waals surface area contributed by atoms with Gasteiger partial charge >= 0.3 is 0 Å². The van der Waals surface area contributed by atoms with Gasteiger partial charge in [-0.15, -0.1) is 8.86 Å². The zero-order chi connectivity index (χ0) is 12.4. The molecule has 0 N–H and O–H groups in total. The Balaban J connectivity index is 2.07. The second-order valence-electron chi connectivity index (χ2n) is 4.30. The van der Waals surface area contributed by atoms with Crippen LogP contribution in [-0.4, -0.2) is 5.29 Å². The molecule has 0 spiro atoms. The Morgan fingerprint density at radius 2 is 1.28 bits per heavy atom. The smallest absolute Gasteiger partial charge is 0.00895 e. The average Bonchev–Trinajstić information content (AvgIpc) is 2.47. The van der Waals surface area contributed by atoms with E-state index in [0.29, 0.717) is 0 Å². The third-order valence-corrected chi connectivity index (χ3v) is 3.68. The average molecular weight is 248 g/mol. The van der Waals surface area contributed by atoms with E-state index < -0.39 is 0 Å². The summed E-state index contributed by atoms with van der Waals surface area (Å²) in [6.45, 7) is 0. The molecule has 0 amide bonds. The Hall–Kier alpha value is -1.91. The van der Waals surface area contributed by atoms with Crippen molar-refractivity contribution in [1.82, 2.24) is 0 Å². The highest BCUT2D eigenvalue weighted by Gasteiger charge is 2.03. The van der Waals surface area contributed by atoms with E-state index in [1.54, 1.807) is 0 Å². The molecule has 0 saturated heterocycles. The molecule has 0 heterocycles. The molecular weight excluding hydrogens is 235 g/mol. The molecule has 3 aromatic carbocycles. The first-order chi connectivity index (χ1) is 8.84. The molecule has 0 radical (unpaired) electrons. The van der Waals surface area contributed by atoms with Gasteiger partial charge in [-0.3, -0.25) is 0 Å². The van der Waals surface area contributed by atoms with E-state index in [4.69, 9.17) is 0 Å². The summed E-state index contributed by atoms with van der Waals surface area (Å²) in [5.41, 5.74) is 2.40. The van der Waals surface area contributed by atoms with Crippen LogP contribution in [0.1, 0.15) is 11.1 Å². The molecule has 0 atom stereocenters. The van der Waals surface area contributed by atoms with Gasteiger partial charge in [-0.1, -0.05) is 66.7 Å². The minimum absolute atomic E-state index is 1.13. The van der Waals surface area contributed by atoms with Gasteiger partial charge in [-0.25, -0.2) is 0 Å². The summed E-state index contributed by atoms with van der Waals surface area (Å²) in [6, 6.07) is 25.3. The van der Waals surface area contributed by atoms with Crippen LogP contribution in [0.15, 0.2) is 72.8 Å². The second kappa shape index (κ2) is 4.76. The molecule has 0 bridgehead atoms. The summed E-state index contributed by atoms with van der Waals surface area (Å²) in [4.78, 5) is 0. The number of hydrogen-bond donors (Lipinski definition) is 0. The van der Waals surface area contributed by atoms with Crippen molar-refractivity contribution in [2.45, 2.75) is 0 Å². The van der Waals surface area contributed by atoms with Gasteiger partial charge in [0.2, 0.25) is 0 Å². The van der Waals surface area contributed by atoms with Gasteiger partial charge in [0.25, 0.3) is 0 Å². The minimum atomic E-state index is 1.13. The van der Waals surface area contributed by atoms with Crippen molar-refractivity contribution in [2.24, 2.45) is 0 Å². The quantitative estimate of drug-likeness (QED) is 0.583. The van der Waals surface area contributed by atoms with Crippen molar-refractivity contribution in [3.8, 4) is 0 Å². The fourth-order valence-electron chi connectivity index (χ4n) is 2.12. The predicted octanol–water partition coefficient (Wildman–Crippen LogP) is 4.55. The van der Waals surface area contributed by atoms with E-state index in [-0.39, 0.29) is 0 Å². The SMILES string of the molecule is P=C(c1ccccc1)c1ccc2ccccc2c1.